The monoisotopic (exact) mass is 540 g/mol. The van der Waals surface area contributed by atoms with Gasteiger partial charge < -0.3 is 20.0 Å². The molecule has 0 atom stereocenters. The number of hydrogen-bond donors (Lipinski definition) is 2. The summed E-state index contributed by atoms with van der Waals surface area (Å²) in [5, 5.41) is 11.2. The van der Waals surface area contributed by atoms with Crippen molar-refractivity contribution in [2.45, 2.75) is 45.6 Å². The van der Waals surface area contributed by atoms with Gasteiger partial charge in [0.2, 0.25) is 0 Å². The highest BCUT2D eigenvalue weighted by Gasteiger charge is 2.33. The van der Waals surface area contributed by atoms with Crippen LogP contribution in [0, 0.1) is 11.3 Å². The van der Waals surface area contributed by atoms with Gasteiger partial charge in [-0.1, -0.05) is 0 Å². The number of primary amides is 1. The molecule has 0 radical (unpaired) electrons. The molecule has 1 aliphatic heterocycles. The van der Waals surface area contributed by atoms with Gasteiger partial charge in [0.25, 0.3) is 5.91 Å². The van der Waals surface area contributed by atoms with Crippen LogP contribution in [0.3, 0.4) is 0 Å². The maximum absolute atomic E-state index is 13.0. The summed E-state index contributed by atoms with van der Waals surface area (Å²) in [6, 6.07) is 14.8. The number of unbranched alkanes of at least 4 members (excludes halogenated alkanes) is 1. The summed E-state index contributed by atoms with van der Waals surface area (Å²) in [6.45, 7) is 10.2. The molecule has 0 unspecified atom stereocenters. The van der Waals surface area contributed by atoms with Gasteiger partial charge in [-0.05, 0) is 94.6 Å². The predicted octanol–water partition coefficient (Wildman–Crippen LogP) is 5.25. The molecule has 3 N–H and O–H groups in total. The van der Waals surface area contributed by atoms with E-state index in [2.05, 4.69) is 27.0 Å². The number of fused-ring (bicyclic) bond motifs is 2. The number of furan rings is 1. The van der Waals surface area contributed by atoms with Crippen LogP contribution in [0.5, 0.6) is 0 Å². The smallest absolute Gasteiger partial charge is 0.322 e. The predicted molar refractivity (Wildman–Crippen MR) is 156 cm³/mol. The highest BCUT2D eigenvalue weighted by Crippen LogP contribution is 2.28. The van der Waals surface area contributed by atoms with Crippen LogP contribution in [0.2, 0.25) is 0 Å². The second-order valence-corrected chi connectivity index (χ2v) is 11.5. The van der Waals surface area contributed by atoms with Crippen LogP contribution in [-0.2, 0) is 6.42 Å². The van der Waals surface area contributed by atoms with E-state index in [9.17, 15) is 14.9 Å². The number of hydrogen-bond acceptors (Lipinski definition) is 6. The number of H-pyrrole nitrogens is 1. The Labute approximate surface area is 234 Å². The Morgan fingerprint density at radius 3 is 2.55 bits per heavy atom. The van der Waals surface area contributed by atoms with Gasteiger partial charge >= 0.3 is 6.03 Å². The van der Waals surface area contributed by atoms with Crippen molar-refractivity contribution in [1.82, 2.24) is 14.8 Å². The number of rotatable bonds is 7. The molecular weight excluding hydrogens is 504 g/mol. The van der Waals surface area contributed by atoms with E-state index < -0.39 is 17.5 Å². The largest absolute Gasteiger partial charge is 0.451 e. The quantitative estimate of drug-likeness (QED) is 0.309. The van der Waals surface area contributed by atoms with Gasteiger partial charge in [-0.25, -0.2) is 4.79 Å². The Kier molecular flexibility index (Phi) is 7.55. The van der Waals surface area contributed by atoms with E-state index in [4.69, 9.17) is 10.2 Å². The standard InChI is InChI=1S/C31H36N6O3/c1-31(2,3)37(30(33)39)29(38)28-18-23-17-24(8-10-27(23)40-28)36-14-12-35(13-15-36)11-5-4-6-22-20-34-26-9-7-21(19-32)16-25(22)26/h7-10,16-18,20,34H,4-6,11-15H2,1-3H3,(H2,33,39). The second-order valence-electron chi connectivity index (χ2n) is 11.5. The van der Waals surface area contributed by atoms with Crippen LogP contribution >= 0.6 is 0 Å². The summed E-state index contributed by atoms with van der Waals surface area (Å²) >= 11 is 0. The number of anilines is 1. The number of nitrogens with one attached hydrogen (secondary N) is 1. The summed E-state index contributed by atoms with van der Waals surface area (Å²) in [5.41, 5.74) is 9.47. The molecule has 9 nitrogen and oxygen atoms in total. The van der Waals surface area contributed by atoms with E-state index in [1.807, 2.05) is 36.4 Å². The molecule has 1 saturated heterocycles. The topological polar surface area (TPSA) is 123 Å². The van der Waals surface area contributed by atoms with Crippen molar-refractivity contribution in [2.75, 3.05) is 37.6 Å². The van der Waals surface area contributed by atoms with Crippen molar-refractivity contribution >= 4 is 39.5 Å². The highest BCUT2D eigenvalue weighted by atomic mass is 16.3. The number of benzene rings is 2. The average molecular weight is 541 g/mol. The molecule has 1 aliphatic rings. The van der Waals surface area contributed by atoms with Crippen molar-refractivity contribution in [3.8, 4) is 6.07 Å². The number of urea groups is 1. The van der Waals surface area contributed by atoms with Crippen LogP contribution in [0.4, 0.5) is 10.5 Å². The molecule has 0 aliphatic carbocycles. The van der Waals surface area contributed by atoms with E-state index in [-0.39, 0.29) is 5.76 Å². The maximum atomic E-state index is 13.0. The number of nitrogens with two attached hydrogens (primary N) is 1. The molecule has 5 rings (SSSR count). The van der Waals surface area contributed by atoms with Crippen molar-refractivity contribution < 1.29 is 14.0 Å². The molecule has 4 aromatic rings. The Balaban J connectivity index is 1.14. The molecule has 40 heavy (non-hydrogen) atoms. The van der Waals surface area contributed by atoms with Gasteiger partial charge in [0.1, 0.15) is 5.58 Å². The molecule has 0 spiro atoms. The van der Waals surface area contributed by atoms with Crippen molar-refractivity contribution in [3.05, 3.63) is 65.5 Å². The molecule has 2 aromatic carbocycles. The second kappa shape index (κ2) is 11.1. The summed E-state index contributed by atoms with van der Waals surface area (Å²) < 4.78 is 5.79. The third-order valence-electron chi connectivity index (χ3n) is 7.61. The Morgan fingerprint density at radius 2 is 1.85 bits per heavy atom. The number of carbonyl (C=O) groups is 2. The van der Waals surface area contributed by atoms with Gasteiger partial charge in [-0.3, -0.25) is 14.6 Å². The van der Waals surface area contributed by atoms with E-state index in [0.717, 1.165) is 78.9 Å². The Bertz CT molecular complexity index is 1580. The lowest BCUT2D eigenvalue weighted by molar-refractivity contribution is 0.0655. The minimum absolute atomic E-state index is 0.101. The van der Waals surface area contributed by atoms with Gasteiger partial charge in [0.15, 0.2) is 5.76 Å². The Hall–Kier alpha value is -4.29. The fourth-order valence-corrected chi connectivity index (χ4v) is 5.51. The minimum Gasteiger partial charge on any atom is -0.451 e. The number of nitriles is 1. The molecule has 1 fully saturated rings. The first-order valence-electron chi connectivity index (χ1n) is 13.8. The molecule has 3 amide bonds. The van der Waals surface area contributed by atoms with Crippen molar-refractivity contribution in [1.29, 1.82) is 5.26 Å². The summed E-state index contributed by atoms with van der Waals surface area (Å²) in [7, 11) is 0. The first-order chi connectivity index (χ1) is 19.1. The van der Waals surface area contributed by atoms with Gasteiger partial charge in [-0.15, -0.1) is 0 Å². The van der Waals surface area contributed by atoms with Gasteiger partial charge in [0, 0.05) is 59.9 Å². The number of carbonyl (C=O) groups excluding carboxylic acids is 2. The lowest BCUT2D eigenvalue weighted by atomic mass is 10.1. The molecule has 208 valence electrons. The van der Waals surface area contributed by atoms with Gasteiger partial charge in [-0.2, -0.15) is 5.26 Å². The van der Waals surface area contributed by atoms with Crippen LogP contribution in [0.25, 0.3) is 21.9 Å². The normalized spacial score (nSPS) is 14.5. The lowest BCUT2D eigenvalue weighted by Gasteiger charge is -2.36. The number of nitrogens with zero attached hydrogens (tertiary/aromatic N) is 4. The van der Waals surface area contributed by atoms with Crippen LogP contribution in [0.15, 0.2) is 53.1 Å². The van der Waals surface area contributed by atoms with E-state index in [0.29, 0.717) is 11.1 Å². The molecule has 2 aromatic heterocycles. The molecule has 0 bridgehead atoms. The van der Waals surface area contributed by atoms with Crippen molar-refractivity contribution in [3.63, 3.8) is 0 Å². The fourth-order valence-electron chi connectivity index (χ4n) is 5.51. The number of aromatic nitrogens is 1. The van der Waals surface area contributed by atoms with Gasteiger partial charge in [0.05, 0.1) is 11.6 Å². The van der Waals surface area contributed by atoms with Crippen LogP contribution in [-0.4, -0.2) is 65.0 Å². The zero-order chi connectivity index (χ0) is 28.4. The molecule has 0 saturated carbocycles. The molecule has 9 heteroatoms. The highest BCUT2D eigenvalue weighted by molar-refractivity contribution is 6.05. The fraction of sp³-hybridized carbons (Fsp3) is 0.387. The lowest BCUT2D eigenvalue weighted by Crippen LogP contribution is -2.51. The third-order valence-corrected chi connectivity index (χ3v) is 7.61. The van der Waals surface area contributed by atoms with E-state index in [1.165, 1.54) is 5.56 Å². The number of piperazine rings is 1. The number of aromatic amines is 1. The summed E-state index contributed by atoms with van der Waals surface area (Å²) in [5.74, 6) is -0.438. The third kappa shape index (κ3) is 5.68. The number of imide groups is 1. The van der Waals surface area contributed by atoms with E-state index in [1.54, 1.807) is 26.8 Å². The minimum atomic E-state index is -0.802. The average Bonchev–Trinajstić information content (AvgIpc) is 3.54. The first kappa shape index (κ1) is 27.3. The van der Waals surface area contributed by atoms with Crippen molar-refractivity contribution in [2.24, 2.45) is 5.73 Å². The summed E-state index contributed by atoms with van der Waals surface area (Å²) in [4.78, 5) is 34.1. The number of aryl methyl sites for hydroxylation is 1. The number of amides is 3. The maximum Gasteiger partial charge on any atom is 0.322 e. The zero-order valence-corrected chi connectivity index (χ0v) is 23.4. The van der Waals surface area contributed by atoms with Crippen LogP contribution in [0.1, 0.15) is 55.3 Å². The SMILES string of the molecule is CC(C)(C)N(C(N)=O)C(=O)c1cc2cc(N3CCN(CCCCc4c[nH]c5ccc(C#N)cc45)CC3)ccc2o1. The zero-order valence-electron chi connectivity index (χ0n) is 23.4. The first-order valence-corrected chi connectivity index (χ1v) is 13.8. The van der Waals surface area contributed by atoms with E-state index >= 15 is 0 Å². The summed E-state index contributed by atoms with van der Waals surface area (Å²) in [6.07, 6.45) is 5.29. The van der Waals surface area contributed by atoms with Crippen LogP contribution < -0.4 is 10.6 Å². The molecular formula is C31H36N6O3. The Morgan fingerprint density at radius 1 is 1.07 bits per heavy atom. The molecule has 3 heterocycles.